The Kier molecular flexibility index (Phi) is 4.58. The van der Waals surface area contributed by atoms with Crippen LogP contribution in [0.3, 0.4) is 0 Å². The van der Waals surface area contributed by atoms with Crippen molar-refractivity contribution in [3.8, 4) is 0 Å². The minimum absolute atomic E-state index is 0.0474. The lowest BCUT2D eigenvalue weighted by atomic mass is 9.96. The second kappa shape index (κ2) is 6.18. The highest BCUT2D eigenvalue weighted by Gasteiger charge is 2.35. The molecule has 2 fully saturated rings. The van der Waals surface area contributed by atoms with Crippen molar-refractivity contribution in [2.45, 2.75) is 44.6 Å². The van der Waals surface area contributed by atoms with Crippen LogP contribution in [0.2, 0.25) is 0 Å². The van der Waals surface area contributed by atoms with Crippen molar-refractivity contribution in [3.63, 3.8) is 0 Å². The lowest BCUT2D eigenvalue weighted by molar-refractivity contribution is -0.134. The Bertz CT molecular complexity index is 313. The number of hydrogen-bond donors (Lipinski definition) is 2. The molecule has 0 aromatic heterocycles. The fraction of sp³-hybridized carbons (Fsp3) is 0.846. The summed E-state index contributed by atoms with van der Waals surface area (Å²) in [6.45, 7) is 0.886. The van der Waals surface area contributed by atoms with Gasteiger partial charge in [-0.25, -0.2) is 0 Å². The quantitative estimate of drug-likeness (QED) is 0.753. The van der Waals surface area contributed by atoms with Gasteiger partial charge < -0.3 is 16.0 Å². The molecule has 1 heterocycles. The molecule has 1 saturated carbocycles. The molecule has 1 atom stereocenters. The summed E-state index contributed by atoms with van der Waals surface area (Å²) in [7, 11) is 0. The van der Waals surface area contributed by atoms with E-state index in [0.717, 1.165) is 19.4 Å². The Morgan fingerprint density at radius 2 is 1.89 bits per heavy atom. The number of rotatable bonds is 4. The highest BCUT2D eigenvalue weighted by atomic mass is 16.2. The Morgan fingerprint density at radius 3 is 2.56 bits per heavy atom. The first-order chi connectivity index (χ1) is 8.72. The maximum atomic E-state index is 12.1. The van der Waals surface area contributed by atoms with E-state index in [0.29, 0.717) is 12.0 Å². The van der Waals surface area contributed by atoms with Crippen molar-refractivity contribution in [3.05, 3.63) is 0 Å². The number of likely N-dealkylation sites (tertiary alicyclic amines) is 1. The standard InChI is InChI=1S/C13H23N3O2/c14-8-12(17)15-9-13(18)16-7-3-6-11(16)10-4-1-2-5-10/h10-11H,1-9,14H2,(H,15,17). The lowest BCUT2D eigenvalue weighted by Crippen LogP contribution is -2.45. The molecule has 0 aromatic rings. The average molecular weight is 253 g/mol. The van der Waals surface area contributed by atoms with Crippen LogP contribution < -0.4 is 11.1 Å². The molecule has 102 valence electrons. The van der Waals surface area contributed by atoms with E-state index in [4.69, 9.17) is 5.73 Å². The smallest absolute Gasteiger partial charge is 0.242 e. The average Bonchev–Trinajstić information content (AvgIpc) is 3.04. The van der Waals surface area contributed by atoms with Crippen molar-refractivity contribution >= 4 is 11.8 Å². The van der Waals surface area contributed by atoms with Crippen LogP contribution in [-0.2, 0) is 9.59 Å². The van der Waals surface area contributed by atoms with Gasteiger partial charge in [-0.3, -0.25) is 9.59 Å². The highest BCUT2D eigenvalue weighted by molar-refractivity contribution is 5.85. The Balaban J connectivity index is 1.86. The molecule has 2 amide bonds. The van der Waals surface area contributed by atoms with E-state index in [9.17, 15) is 9.59 Å². The zero-order chi connectivity index (χ0) is 13.0. The molecule has 18 heavy (non-hydrogen) atoms. The predicted molar refractivity (Wildman–Crippen MR) is 68.8 cm³/mol. The summed E-state index contributed by atoms with van der Waals surface area (Å²) in [6, 6.07) is 0.412. The lowest BCUT2D eigenvalue weighted by Gasteiger charge is -2.29. The summed E-state index contributed by atoms with van der Waals surface area (Å²) < 4.78 is 0. The van der Waals surface area contributed by atoms with Gasteiger partial charge in [-0.1, -0.05) is 12.8 Å². The predicted octanol–water partition coefficient (Wildman–Crippen LogP) is 0.242. The van der Waals surface area contributed by atoms with Crippen LogP contribution in [0.1, 0.15) is 38.5 Å². The molecule has 1 aliphatic carbocycles. The number of nitrogens with two attached hydrogens (primary N) is 1. The molecule has 1 aliphatic heterocycles. The van der Waals surface area contributed by atoms with Crippen molar-refractivity contribution in [2.75, 3.05) is 19.6 Å². The van der Waals surface area contributed by atoms with Crippen LogP contribution in [0.4, 0.5) is 0 Å². The third kappa shape index (κ3) is 3.02. The first-order valence-corrected chi connectivity index (χ1v) is 6.98. The monoisotopic (exact) mass is 253 g/mol. The Hall–Kier alpha value is -1.10. The van der Waals surface area contributed by atoms with Crippen molar-refractivity contribution in [1.82, 2.24) is 10.2 Å². The second-order valence-corrected chi connectivity index (χ2v) is 5.32. The van der Waals surface area contributed by atoms with Crippen LogP contribution in [0.25, 0.3) is 0 Å². The van der Waals surface area contributed by atoms with E-state index in [-0.39, 0.29) is 24.9 Å². The largest absolute Gasteiger partial charge is 0.346 e. The number of carbonyl (C=O) groups excluding carboxylic acids is 2. The zero-order valence-electron chi connectivity index (χ0n) is 10.9. The molecule has 0 spiro atoms. The van der Waals surface area contributed by atoms with Gasteiger partial charge in [0, 0.05) is 12.6 Å². The number of nitrogens with one attached hydrogen (secondary N) is 1. The fourth-order valence-electron chi connectivity index (χ4n) is 3.28. The van der Waals surface area contributed by atoms with E-state index >= 15 is 0 Å². The van der Waals surface area contributed by atoms with Gasteiger partial charge in [0.25, 0.3) is 0 Å². The first kappa shape index (κ1) is 13.3. The minimum atomic E-state index is -0.264. The fourth-order valence-corrected chi connectivity index (χ4v) is 3.28. The van der Waals surface area contributed by atoms with Crippen LogP contribution in [0.15, 0.2) is 0 Å². The first-order valence-electron chi connectivity index (χ1n) is 6.98. The summed E-state index contributed by atoms with van der Waals surface area (Å²) in [4.78, 5) is 25.1. The molecular formula is C13H23N3O2. The van der Waals surface area contributed by atoms with Crippen LogP contribution in [-0.4, -0.2) is 42.4 Å². The van der Waals surface area contributed by atoms with Gasteiger partial charge in [0.15, 0.2) is 0 Å². The maximum Gasteiger partial charge on any atom is 0.242 e. The summed E-state index contributed by atoms with van der Waals surface area (Å²) in [5, 5.41) is 2.56. The van der Waals surface area contributed by atoms with Gasteiger partial charge in [0.2, 0.25) is 11.8 Å². The van der Waals surface area contributed by atoms with Crippen molar-refractivity contribution in [1.29, 1.82) is 0 Å². The topological polar surface area (TPSA) is 75.4 Å². The SMILES string of the molecule is NCC(=O)NCC(=O)N1CCCC1C1CCCC1. The van der Waals surface area contributed by atoms with E-state index < -0.39 is 0 Å². The van der Waals surface area contributed by atoms with Crippen LogP contribution in [0.5, 0.6) is 0 Å². The summed E-state index contributed by atoms with van der Waals surface area (Å²) in [6.07, 6.45) is 7.33. The molecule has 3 N–H and O–H groups in total. The third-order valence-electron chi connectivity index (χ3n) is 4.19. The van der Waals surface area contributed by atoms with Crippen LogP contribution >= 0.6 is 0 Å². The summed E-state index contributed by atoms with van der Waals surface area (Å²) in [5.41, 5.74) is 5.20. The normalized spacial score (nSPS) is 24.5. The van der Waals surface area contributed by atoms with Crippen molar-refractivity contribution < 1.29 is 9.59 Å². The third-order valence-corrected chi connectivity index (χ3v) is 4.19. The molecule has 0 aromatic carbocycles. The highest BCUT2D eigenvalue weighted by Crippen LogP contribution is 2.35. The molecule has 0 bridgehead atoms. The Morgan fingerprint density at radius 1 is 1.17 bits per heavy atom. The molecular weight excluding hydrogens is 230 g/mol. The summed E-state index contributed by atoms with van der Waals surface area (Å²) in [5.74, 6) is 0.466. The molecule has 1 unspecified atom stereocenters. The van der Waals surface area contributed by atoms with E-state index in [1.54, 1.807) is 0 Å². The van der Waals surface area contributed by atoms with Gasteiger partial charge in [-0.15, -0.1) is 0 Å². The van der Waals surface area contributed by atoms with Gasteiger partial charge >= 0.3 is 0 Å². The van der Waals surface area contributed by atoms with E-state index in [2.05, 4.69) is 5.32 Å². The molecule has 5 nitrogen and oxygen atoms in total. The molecule has 2 rings (SSSR count). The van der Waals surface area contributed by atoms with Gasteiger partial charge in [0.05, 0.1) is 13.1 Å². The summed E-state index contributed by atoms with van der Waals surface area (Å²) >= 11 is 0. The van der Waals surface area contributed by atoms with Crippen molar-refractivity contribution in [2.24, 2.45) is 11.7 Å². The van der Waals surface area contributed by atoms with Gasteiger partial charge in [0.1, 0.15) is 0 Å². The minimum Gasteiger partial charge on any atom is -0.346 e. The number of nitrogens with zero attached hydrogens (tertiary/aromatic N) is 1. The molecule has 0 radical (unpaired) electrons. The molecule has 5 heteroatoms. The molecule has 2 aliphatic rings. The maximum absolute atomic E-state index is 12.1. The zero-order valence-corrected chi connectivity index (χ0v) is 10.9. The van der Waals surface area contributed by atoms with E-state index in [1.165, 1.54) is 25.7 Å². The van der Waals surface area contributed by atoms with Crippen LogP contribution in [0, 0.1) is 5.92 Å². The Labute approximate surface area is 108 Å². The van der Waals surface area contributed by atoms with E-state index in [1.807, 2.05) is 4.90 Å². The van der Waals surface area contributed by atoms with Gasteiger partial charge in [-0.05, 0) is 31.6 Å². The number of carbonyl (C=O) groups is 2. The molecule has 1 saturated heterocycles. The van der Waals surface area contributed by atoms with Gasteiger partial charge in [-0.2, -0.15) is 0 Å². The number of amides is 2. The number of hydrogen-bond acceptors (Lipinski definition) is 3. The second-order valence-electron chi connectivity index (χ2n) is 5.32.